The molecule has 0 spiro atoms. The molecule has 1 rings (SSSR count). The molecule has 0 radical (unpaired) electrons. The van der Waals surface area contributed by atoms with Crippen molar-refractivity contribution in [3.63, 3.8) is 0 Å². The molecular weight excluding hydrogens is 242 g/mol. The Bertz CT molecular complexity index is 388. The Morgan fingerprint density at radius 1 is 1.47 bits per heavy atom. The van der Waals surface area contributed by atoms with E-state index >= 15 is 0 Å². The normalized spacial score (nSPS) is 20.5. The maximum atomic E-state index is 11.4. The van der Waals surface area contributed by atoms with Crippen molar-refractivity contribution in [2.24, 2.45) is 5.92 Å². The number of hydrogen-bond acceptors (Lipinski definition) is 4. The van der Waals surface area contributed by atoms with Gasteiger partial charge in [-0.3, -0.25) is 4.79 Å². The van der Waals surface area contributed by atoms with Crippen LogP contribution >= 0.6 is 0 Å². The van der Waals surface area contributed by atoms with Crippen molar-refractivity contribution in [3.8, 4) is 0 Å². The predicted molar refractivity (Wildman–Crippen MR) is 64.9 cm³/mol. The molecule has 0 amide bonds. The molecule has 1 unspecified atom stereocenters. The van der Waals surface area contributed by atoms with Crippen molar-refractivity contribution in [1.29, 1.82) is 0 Å². The summed E-state index contributed by atoms with van der Waals surface area (Å²) in [5.41, 5.74) is 0. The summed E-state index contributed by atoms with van der Waals surface area (Å²) >= 11 is 0. The summed E-state index contributed by atoms with van der Waals surface area (Å²) < 4.78 is 28.2. The summed E-state index contributed by atoms with van der Waals surface area (Å²) in [5, 5.41) is 0. The minimum atomic E-state index is -3.32. The Morgan fingerprint density at radius 2 is 2.18 bits per heavy atom. The molecule has 0 aromatic rings. The van der Waals surface area contributed by atoms with Crippen LogP contribution < -0.4 is 0 Å². The number of ether oxygens (including phenoxy) is 1. The van der Waals surface area contributed by atoms with Crippen LogP contribution in [0, 0.1) is 5.92 Å². The molecule has 0 aliphatic heterocycles. The third-order valence-electron chi connectivity index (χ3n) is 2.78. The molecule has 0 fully saturated rings. The van der Waals surface area contributed by atoms with Gasteiger partial charge in [-0.05, 0) is 25.2 Å². The van der Waals surface area contributed by atoms with E-state index in [2.05, 4.69) is 12.2 Å². The zero-order valence-corrected chi connectivity index (χ0v) is 11.1. The zero-order chi connectivity index (χ0) is 12.9. The van der Waals surface area contributed by atoms with Gasteiger partial charge in [0.05, 0.1) is 12.9 Å². The second-order valence-corrected chi connectivity index (χ2v) is 6.44. The molecule has 1 atom stereocenters. The molecular formula is C11H19NO4S. The SMILES string of the molecule is CN(CC(=O)OCC1CC=CCC1)S(C)(=O)=O. The summed E-state index contributed by atoms with van der Waals surface area (Å²) in [4.78, 5) is 11.4. The van der Waals surface area contributed by atoms with Gasteiger partial charge in [-0.15, -0.1) is 0 Å². The number of likely N-dealkylation sites (N-methyl/N-ethyl adjacent to an activating group) is 1. The van der Waals surface area contributed by atoms with E-state index < -0.39 is 16.0 Å². The van der Waals surface area contributed by atoms with E-state index in [-0.39, 0.29) is 6.54 Å². The van der Waals surface area contributed by atoms with Gasteiger partial charge in [-0.25, -0.2) is 8.42 Å². The minimum Gasteiger partial charge on any atom is -0.464 e. The number of nitrogens with zero attached hydrogens (tertiary/aromatic N) is 1. The van der Waals surface area contributed by atoms with Gasteiger partial charge in [0, 0.05) is 7.05 Å². The van der Waals surface area contributed by atoms with Crippen molar-refractivity contribution in [2.75, 3.05) is 26.5 Å². The lowest BCUT2D eigenvalue weighted by molar-refractivity contribution is -0.145. The lowest BCUT2D eigenvalue weighted by Gasteiger charge is -2.18. The molecule has 0 saturated carbocycles. The molecule has 0 N–H and O–H groups in total. The first-order valence-electron chi connectivity index (χ1n) is 5.61. The van der Waals surface area contributed by atoms with Crippen LogP contribution in [-0.2, 0) is 19.6 Å². The lowest BCUT2D eigenvalue weighted by atomic mass is 9.95. The first-order valence-corrected chi connectivity index (χ1v) is 7.46. The summed E-state index contributed by atoms with van der Waals surface area (Å²) in [5.74, 6) is -0.125. The van der Waals surface area contributed by atoms with E-state index in [1.807, 2.05) is 0 Å². The van der Waals surface area contributed by atoms with Gasteiger partial charge >= 0.3 is 5.97 Å². The topological polar surface area (TPSA) is 63.7 Å². The molecule has 98 valence electrons. The molecule has 0 saturated heterocycles. The minimum absolute atomic E-state index is 0.221. The van der Waals surface area contributed by atoms with E-state index in [0.717, 1.165) is 29.8 Å². The maximum Gasteiger partial charge on any atom is 0.321 e. The number of carbonyl (C=O) groups is 1. The van der Waals surface area contributed by atoms with Crippen LogP contribution in [-0.4, -0.2) is 45.1 Å². The van der Waals surface area contributed by atoms with Gasteiger partial charge in [0.25, 0.3) is 0 Å². The van der Waals surface area contributed by atoms with E-state index in [1.165, 1.54) is 7.05 Å². The molecule has 0 bridgehead atoms. The van der Waals surface area contributed by atoms with Crippen molar-refractivity contribution < 1.29 is 17.9 Å². The van der Waals surface area contributed by atoms with Crippen LogP contribution in [0.5, 0.6) is 0 Å². The Hall–Kier alpha value is -0.880. The Morgan fingerprint density at radius 3 is 2.71 bits per heavy atom. The highest BCUT2D eigenvalue weighted by molar-refractivity contribution is 7.88. The predicted octanol–water partition coefficient (Wildman–Crippen LogP) is 0.777. The third kappa shape index (κ3) is 5.32. The van der Waals surface area contributed by atoms with Crippen LogP contribution in [0.3, 0.4) is 0 Å². The third-order valence-corrected chi connectivity index (χ3v) is 4.04. The summed E-state index contributed by atoms with van der Waals surface area (Å²) in [6, 6.07) is 0. The molecule has 5 nitrogen and oxygen atoms in total. The van der Waals surface area contributed by atoms with Gasteiger partial charge in [-0.2, -0.15) is 4.31 Å². The number of sulfonamides is 1. The number of allylic oxidation sites excluding steroid dienone is 2. The molecule has 0 heterocycles. The summed E-state index contributed by atoms with van der Waals surface area (Å²) in [6.45, 7) is 0.155. The van der Waals surface area contributed by atoms with Crippen LogP contribution in [0.4, 0.5) is 0 Å². The lowest BCUT2D eigenvalue weighted by Crippen LogP contribution is -2.32. The van der Waals surface area contributed by atoms with E-state index in [4.69, 9.17) is 4.74 Å². The van der Waals surface area contributed by atoms with Crippen molar-refractivity contribution >= 4 is 16.0 Å². The van der Waals surface area contributed by atoms with Gasteiger partial charge < -0.3 is 4.74 Å². The number of carbonyl (C=O) groups excluding carboxylic acids is 1. The monoisotopic (exact) mass is 261 g/mol. The van der Waals surface area contributed by atoms with Gasteiger partial charge in [-0.1, -0.05) is 12.2 Å². The average Bonchev–Trinajstić information content (AvgIpc) is 2.26. The van der Waals surface area contributed by atoms with Crippen LogP contribution in [0.25, 0.3) is 0 Å². The van der Waals surface area contributed by atoms with Gasteiger partial charge in [0.2, 0.25) is 10.0 Å². The van der Waals surface area contributed by atoms with Crippen LogP contribution in [0.15, 0.2) is 12.2 Å². The van der Waals surface area contributed by atoms with E-state index in [9.17, 15) is 13.2 Å². The quantitative estimate of drug-likeness (QED) is 0.542. The Balaban J connectivity index is 2.28. The second-order valence-electron chi connectivity index (χ2n) is 4.35. The molecule has 6 heteroatoms. The fourth-order valence-electron chi connectivity index (χ4n) is 1.56. The first kappa shape index (κ1) is 14.2. The van der Waals surface area contributed by atoms with Gasteiger partial charge in [0.1, 0.15) is 6.54 Å². The van der Waals surface area contributed by atoms with Crippen molar-refractivity contribution in [1.82, 2.24) is 4.31 Å². The standard InChI is InChI=1S/C11H19NO4S/c1-12(17(2,14)15)8-11(13)16-9-10-6-4-3-5-7-10/h3-4,10H,5-9H2,1-2H3. The largest absolute Gasteiger partial charge is 0.464 e. The second kappa shape index (κ2) is 6.16. The van der Waals surface area contributed by atoms with Crippen LogP contribution in [0.2, 0.25) is 0 Å². The molecule has 0 aromatic carbocycles. The van der Waals surface area contributed by atoms with Crippen molar-refractivity contribution in [3.05, 3.63) is 12.2 Å². The first-order chi connectivity index (χ1) is 7.89. The van der Waals surface area contributed by atoms with Crippen molar-refractivity contribution in [2.45, 2.75) is 19.3 Å². The highest BCUT2D eigenvalue weighted by atomic mass is 32.2. The number of rotatable bonds is 5. The fourth-order valence-corrected chi connectivity index (χ4v) is 1.90. The summed E-state index contributed by atoms with van der Waals surface area (Å²) in [7, 11) is -1.96. The summed E-state index contributed by atoms with van der Waals surface area (Å²) in [6.07, 6.45) is 8.24. The van der Waals surface area contributed by atoms with Gasteiger partial charge in [0.15, 0.2) is 0 Å². The Kier molecular flexibility index (Phi) is 5.14. The smallest absolute Gasteiger partial charge is 0.321 e. The van der Waals surface area contributed by atoms with E-state index in [1.54, 1.807) is 0 Å². The molecule has 17 heavy (non-hydrogen) atoms. The number of esters is 1. The van der Waals surface area contributed by atoms with E-state index in [0.29, 0.717) is 12.5 Å². The molecule has 1 aliphatic carbocycles. The maximum absolute atomic E-state index is 11.4. The number of hydrogen-bond donors (Lipinski definition) is 0. The fraction of sp³-hybridized carbons (Fsp3) is 0.727. The highest BCUT2D eigenvalue weighted by Crippen LogP contribution is 2.18. The average molecular weight is 261 g/mol. The highest BCUT2D eigenvalue weighted by Gasteiger charge is 2.17. The molecule has 1 aliphatic rings. The van der Waals surface area contributed by atoms with Crippen LogP contribution in [0.1, 0.15) is 19.3 Å². The Labute approximate surface area is 102 Å². The molecule has 0 aromatic heterocycles. The zero-order valence-electron chi connectivity index (χ0n) is 10.3.